The van der Waals surface area contributed by atoms with Crippen LogP contribution in [0.4, 0.5) is 0 Å². The van der Waals surface area contributed by atoms with Gasteiger partial charge in [-0.2, -0.15) is 0 Å². The van der Waals surface area contributed by atoms with Gasteiger partial charge in [0.2, 0.25) is 5.91 Å². The van der Waals surface area contributed by atoms with E-state index >= 15 is 0 Å². The third-order valence-corrected chi connectivity index (χ3v) is 15.2. The Labute approximate surface area is 489 Å². The average Bonchev–Trinajstić information content (AvgIpc) is 3.45. The second-order valence-electron chi connectivity index (χ2n) is 22.6. The summed E-state index contributed by atoms with van der Waals surface area (Å²) in [5.74, 6) is -1.27. The molecule has 80 heavy (non-hydrogen) atoms. The Balaban J connectivity index is 2.59. The SMILES string of the molecule is CC/C=C/C=C/C=C\C=C/C=C/CCCC(=O)OC1C(OCC(NC(=O)C(O)CCCCCCCCCCCCCCCCCC/C=C/CCCCCCCC)C(O)/C=C/CCCCCCCCCCCC)OC(CO)C(O)C1O. The molecule has 0 bridgehead atoms. The molecule has 1 heterocycles. The second-order valence-corrected chi connectivity index (χ2v) is 22.6. The first kappa shape index (κ1) is 74.9. The van der Waals surface area contributed by atoms with E-state index in [0.717, 1.165) is 44.9 Å². The number of hydrogen-bond acceptors (Lipinski definition) is 10. The minimum Gasteiger partial charge on any atom is -0.454 e. The number of allylic oxidation sites excluding steroid dienone is 13. The number of ether oxygens (including phenoxy) is 3. The lowest BCUT2D eigenvalue weighted by Gasteiger charge is -2.41. The molecule has 1 aliphatic rings. The molecule has 0 aromatic rings. The number of carbonyl (C=O) groups is 2. The zero-order chi connectivity index (χ0) is 58.2. The molecule has 0 aliphatic carbocycles. The van der Waals surface area contributed by atoms with Gasteiger partial charge in [0.1, 0.15) is 24.4 Å². The van der Waals surface area contributed by atoms with E-state index in [4.69, 9.17) is 14.2 Å². The monoisotopic (exact) mass is 1120 g/mol. The van der Waals surface area contributed by atoms with Crippen molar-refractivity contribution in [2.24, 2.45) is 0 Å². The minimum atomic E-state index is -1.65. The number of unbranched alkanes of at least 4 members (excludes halogenated alkanes) is 33. The van der Waals surface area contributed by atoms with Crippen LogP contribution in [0.3, 0.4) is 0 Å². The largest absolute Gasteiger partial charge is 0.454 e. The number of aliphatic hydroxyl groups is 5. The molecule has 11 nitrogen and oxygen atoms in total. The van der Waals surface area contributed by atoms with Crippen LogP contribution < -0.4 is 5.32 Å². The molecular formula is C69H121NO10. The topological polar surface area (TPSA) is 175 Å². The lowest BCUT2D eigenvalue weighted by molar-refractivity contribution is -0.305. The fourth-order valence-corrected chi connectivity index (χ4v) is 9.97. The van der Waals surface area contributed by atoms with Crippen molar-refractivity contribution in [1.82, 2.24) is 5.32 Å². The molecule has 8 atom stereocenters. The molecule has 11 heteroatoms. The predicted octanol–water partition coefficient (Wildman–Crippen LogP) is 16.1. The van der Waals surface area contributed by atoms with Crippen molar-refractivity contribution >= 4 is 11.9 Å². The van der Waals surface area contributed by atoms with Crippen LogP contribution in [-0.4, -0.2) is 99.6 Å². The highest BCUT2D eigenvalue weighted by Crippen LogP contribution is 2.26. The highest BCUT2D eigenvalue weighted by molar-refractivity contribution is 5.80. The van der Waals surface area contributed by atoms with Gasteiger partial charge in [0, 0.05) is 6.42 Å². The molecule has 1 fully saturated rings. The molecule has 1 rings (SSSR count). The lowest BCUT2D eigenvalue weighted by Crippen LogP contribution is -2.61. The number of rotatable bonds is 55. The van der Waals surface area contributed by atoms with Crippen molar-refractivity contribution in [2.45, 2.75) is 327 Å². The van der Waals surface area contributed by atoms with Crippen LogP contribution in [0.5, 0.6) is 0 Å². The van der Waals surface area contributed by atoms with Gasteiger partial charge in [-0.25, -0.2) is 0 Å². The van der Waals surface area contributed by atoms with E-state index in [1.54, 1.807) is 6.08 Å². The Bertz CT molecular complexity index is 1620. The van der Waals surface area contributed by atoms with Gasteiger partial charge in [-0.3, -0.25) is 9.59 Å². The minimum absolute atomic E-state index is 0.0250. The summed E-state index contributed by atoms with van der Waals surface area (Å²) in [5, 5.41) is 57.0. The Hall–Kier alpha value is -3.16. The number of nitrogens with one attached hydrogen (secondary N) is 1. The van der Waals surface area contributed by atoms with E-state index in [9.17, 15) is 35.1 Å². The van der Waals surface area contributed by atoms with Crippen molar-refractivity contribution in [3.63, 3.8) is 0 Å². The quantitative estimate of drug-likeness (QED) is 0.0149. The van der Waals surface area contributed by atoms with Crippen molar-refractivity contribution in [3.05, 3.63) is 85.1 Å². The van der Waals surface area contributed by atoms with Gasteiger partial charge in [0.15, 0.2) is 12.4 Å². The van der Waals surface area contributed by atoms with Crippen molar-refractivity contribution in [2.75, 3.05) is 13.2 Å². The van der Waals surface area contributed by atoms with Crippen molar-refractivity contribution in [1.29, 1.82) is 0 Å². The van der Waals surface area contributed by atoms with Gasteiger partial charge in [0.25, 0.3) is 0 Å². The van der Waals surface area contributed by atoms with Crippen LogP contribution in [0.15, 0.2) is 85.1 Å². The molecule has 8 unspecified atom stereocenters. The van der Waals surface area contributed by atoms with E-state index < -0.39 is 67.4 Å². The number of esters is 1. The summed E-state index contributed by atoms with van der Waals surface area (Å²) in [6.07, 6.45) is 63.7. The predicted molar refractivity (Wildman–Crippen MR) is 333 cm³/mol. The summed E-state index contributed by atoms with van der Waals surface area (Å²) in [4.78, 5) is 26.5. The fraction of sp³-hybridized carbons (Fsp3) is 0.768. The maximum atomic E-state index is 13.4. The summed E-state index contributed by atoms with van der Waals surface area (Å²) < 4.78 is 17.5. The average molecular weight is 1120 g/mol. The normalized spacial score (nSPS) is 19.3. The first-order chi connectivity index (χ1) is 39.2. The fourth-order valence-electron chi connectivity index (χ4n) is 9.97. The number of amides is 1. The highest BCUT2D eigenvalue weighted by atomic mass is 16.7. The van der Waals surface area contributed by atoms with E-state index in [1.165, 1.54) is 180 Å². The van der Waals surface area contributed by atoms with E-state index in [1.807, 2.05) is 60.8 Å². The van der Waals surface area contributed by atoms with Crippen LogP contribution in [0.2, 0.25) is 0 Å². The van der Waals surface area contributed by atoms with Crippen LogP contribution in [0.1, 0.15) is 278 Å². The molecule has 0 spiro atoms. The number of hydrogen-bond donors (Lipinski definition) is 6. The molecule has 0 aromatic carbocycles. The Morgan fingerprint density at radius 1 is 0.500 bits per heavy atom. The van der Waals surface area contributed by atoms with Crippen LogP contribution in [0.25, 0.3) is 0 Å². The molecule has 1 saturated heterocycles. The Morgan fingerprint density at radius 3 is 1.38 bits per heavy atom. The molecule has 0 radical (unpaired) electrons. The third kappa shape index (κ3) is 43.5. The number of carbonyl (C=O) groups excluding carboxylic acids is 2. The summed E-state index contributed by atoms with van der Waals surface area (Å²) in [6.45, 7) is 5.61. The van der Waals surface area contributed by atoms with E-state index in [-0.39, 0.29) is 19.4 Å². The molecule has 462 valence electrons. The van der Waals surface area contributed by atoms with Gasteiger partial charge in [-0.15, -0.1) is 0 Å². The van der Waals surface area contributed by atoms with Gasteiger partial charge in [-0.1, -0.05) is 292 Å². The van der Waals surface area contributed by atoms with Gasteiger partial charge < -0.3 is 45.1 Å². The summed E-state index contributed by atoms with van der Waals surface area (Å²) in [5.41, 5.74) is 0. The van der Waals surface area contributed by atoms with Gasteiger partial charge in [-0.05, 0) is 64.2 Å². The van der Waals surface area contributed by atoms with Crippen LogP contribution in [-0.2, 0) is 23.8 Å². The summed E-state index contributed by atoms with van der Waals surface area (Å²) in [7, 11) is 0. The second kappa shape index (κ2) is 56.3. The lowest BCUT2D eigenvalue weighted by atomic mass is 9.99. The van der Waals surface area contributed by atoms with Gasteiger partial charge in [0.05, 0.1) is 25.4 Å². The Morgan fingerprint density at radius 2 is 0.912 bits per heavy atom. The van der Waals surface area contributed by atoms with Crippen LogP contribution in [0, 0.1) is 0 Å². The zero-order valence-corrected chi connectivity index (χ0v) is 51.2. The molecule has 0 saturated carbocycles. The Kier molecular flexibility index (Phi) is 52.7. The third-order valence-electron chi connectivity index (χ3n) is 15.2. The maximum Gasteiger partial charge on any atom is 0.306 e. The smallest absolute Gasteiger partial charge is 0.306 e. The number of aliphatic hydroxyl groups excluding tert-OH is 5. The molecule has 6 N–H and O–H groups in total. The molecule has 1 aliphatic heterocycles. The zero-order valence-electron chi connectivity index (χ0n) is 51.2. The standard InChI is InChI=1S/C69H121NO10/c1-4-7-10-13-16-19-22-25-26-27-28-29-30-31-32-33-34-35-36-37-39-41-44-47-50-53-56-62(73)68(77)70-60(61(72)55-52-49-46-43-40-24-21-18-15-12-9-6-3)59-78-69-67(66(76)65(75)63(58-71)79-69)80-64(74)57-54-51-48-45-42-38-23-20-17-14-11-8-5-2/h8,11,14,17,20,23,25-26,38,42,45,48,52,55,60-63,65-67,69,71-73,75-76H,4-7,9-10,12-13,15-16,18-19,21-22,24,27-37,39-41,43-44,46-47,49-51,53-54,56-59H2,1-3H3,(H,70,77)/b11-8+,17-14+,23-20-,26-25+,42-38-,48-45+,55-52+. The van der Waals surface area contributed by atoms with Crippen LogP contribution >= 0.6 is 0 Å². The van der Waals surface area contributed by atoms with Gasteiger partial charge >= 0.3 is 5.97 Å². The van der Waals surface area contributed by atoms with Crippen molar-refractivity contribution < 1.29 is 49.3 Å². The molecule has 0 aromatic heterocycles. The highest BCUT2D eigenvalue weighted by Gasteiger charge is 2.47. The summed E-state index contributed by atoms with van der Waals surface area (Å²) in [6, 6.07) is -1.04. The summed E-state index contributed by atoms with van der Waals surface area (Å²) >= 11 is 0. The first-order valence-electron chi connectivity index (χ1n) is 32.9. The molecular weight excluding hydrogens is 1000 g/mol. The van der Waals surface area contributed by atoms with Crippen molar-refractivity contribution in [3.8, 4) is 0 Å². The maximum absolute atomic E-state index is 13.4. The van der Waals surface area contributed by atoms with E-state index in [2.05, 4.69) is 44.3 Å². The first-order valence-corrected chi connectivity index (χ1v) is 32.9. The molecule has 1 amide bonds. The van der Waals surface area contributed by atoms with E-state index in [0.29, 0.717) is 19.3 Å².